The number of nitrogens with one attached hydrogen (secondary N) is 1. The van der Waals surface area contributed by atoms with Crippen LogP contribution >= 0.6 is 0 Å². The Labute approximate surface area is 248 Å². The first-order chi connectivity index (χ1) is 20.9. The number of nitrogens with zero attached hydrogens (tertiary/aromatic N) is 4. The van der Waals surface area contributed by atoms with Crippen molar-refractivity contribution < 1.29 is 23.9 Å². The van der Waals surface area contributed by atoms with Crippen molar-refractivity contribution in [3.63, 3.8) is 0 Å². The van der Waals surface area contributed by atoms with Crippen molar-refractivity contribution in [2.24, 2.45) is 5.92 Å². The van der Waals surface area contributed by atoms with Crippen LogP contribution in [-0.2, 0) is 11.3 Å². The molecule has 1 saturated heterocycles. The molecule has 11 nitrogen and oxygen atoms in total. The van der Waals surface area contributed by atoms with Gasteiger partial charge in [-0.05, 0) is 36.6 Å². The number of carbonyl (C=O) groups is 3. The molecule has 3 aromatic rings. The zero-order valence-corrected chi connectivity index (χ0v) is 24.1. The second-order valence-corrected chi connectivity index (χ2v) is 11.6. The zero-order chi connectivity index (χ0) is 29.8. The van der Waals surface area contributed by atoms with E-state index >= 15 is 0 Å². The molecule has 5 heterocycles. The summed E-state index contributed by atoms with van der Waals surface area (Å²) in [5.74, 6) is 0.464. The number of ether oxygens (including phenoxy) is 2. The molecule has 3 atom stereocenters. The van der Waals surface area contributed by atoms with Crippen molar-refractivity contribution in [1.29, 1.82) is 0 Å². The summed E-state index contributed by atoms with van der Waals surface area (Å²) in [7, 11) is 2.98. The molecule has 222 valence electrons. The molecule has 0 spiro atoms. The van der Waals surface area contributed by atoms with Gasteiger partial charge < -0.3 is 29.2 Å². The fraction of sp³-hybridized carbons (Fsp3) is 0.375. The van der Waals surface area contributed by atoms with Crippen LogP contribution in [0.25, 0.3) is 0 Å². The van der Waals surface area contributed by atoms with Crippen LogP contribution < -0.4 is 25.2 Å². The van der Waals surface area contributed by atoms with Gasteiger partial charge in [0.1, 0.15) is 12.7 Å². The van der Waals surface area contributed by atoms with Gasteiger partial charge in [0.2, 0.25) is 5.91 Å². The lowest BCUT2D eigenvalue weighted by Crippen LogP contribution is -2.52. The van der Waals surface area contributed by atoms with Gasteiger partial charge in [-0.25, -0.2) is 0 Å². The zero-order valence-electron chi connectivity index (χ0n) is 24.1. The number of amides is 3. The summed E-state index contributed by atoms with van der Waals surface area (Å²) in [6, 6.07) is 15.9. The molecule has 11 heteroatoms. The number of rotatable bonds is 7. The van der Waals surface area contributed by atoms with Crippen molar-refractivity contribution in [1.82, 2.24) is 19.7 Å². The quantitative estimate of drug-likeness (QED) is 0.454. The SMILES string of the molecule is COc1ccc2c(c1OC)C(=O)N1c3ccccc3C(=O)N(CC(=O)NCCN3C[C@H]4C[C@@H](C3)c3cccc(=O)n3C4)[C@H]21. The highest BCUT2D eigenvalue weighted by Gasteiger charge is 2.50. The Bertz CT molecular complexity index is 1700. The van der Waals surface area contributed by atoms with E-state index in [1.807, 2.05) is 16.7 Å². The highest BCUT2D eigenvalue weighted by atomic mass is 16.5. The molecule has 1 aromatic heterocycles. The molecule has 0 saturated carbocycles. The highest BCUT2D eigenvalue weighted by Crippen LogP contribution is 2.49. The van der Waals surface area contributed by atoms with E-state index in [0.29, 0.717) is 58.8 Å². The second kappa shape index (κ2) is 10.6. The van der Waals surface area contributed by atoms with Crippen LogP contribution in [0.5, 0.6) is 11.5 Å². The van der Waals surface area contributed by atoms with E-state index in [-0.39, 0.29) is 29.8 Å². The van der Waals surface area contributed by atoms with Gasteiger partial charge in [-0.1, -0.05) is 24.3 Å². The normalized spacial score (nSPS) is 22.0. The second-order valence-electron chi connectivity index (χ2n) is 11.6. The first kappa shape index (κ1) is 27.2. The lowest BCUT2D eigenvalue weighted by molar-refractivity contribution is -0.122. The number of fused-ring (bicyclic) bond motifs is 9. The number of hydrogen-bond acceptors (Lipinski definition) is 7. The largest absolute Gasteiger partial charge is 0.493 e. The van der Waals surface area contributed by atoms with E-state index in [1.54, 1.807) is 47.4 Å². The Hall–Kier alpha value is -4.64. The summed E-state index contributed by atoms with van der Waals surface area (Å²) in [5, 5.41) is 2.99. The third kappa shape index (κ3) is 4.37. The van der Waals surface area contributed by atoms with Crippen molar-refractivity contribution in [3.05, 3.63) is 87.3 Å². The molecular weight excluding hydrogens is 550 g/mol. The van der Waals surface area contributed by atoms with Crippen molar-refractivity contribution in [2.75, 3.05) is 51.8 Å². The van der Waals surface area contributed by atoms with Gasteiger partial charge in [0.25, 0.3) is 17.4 Å². The Balaban J connectivity index is 1.08. The van der Waals surface area contributed by atoms with Crippen molar-refractivity contribution in [3.8, 4) is 11.5 Å². The maximum atomic E-state index is 13.8. The lowest BCUT2D eigenvalue weighted by Gasteiger charge is -2.43. The third-order valence-electron chi connectivity index (χ3n) is 9.10. The van der Waals surface area contributed by atoms with Gasteiger partial charge in [-0.3, -0.25) is 24.1 Å². The Morgan fingerprint density at radius 1 is 0.930 bits per heavy atom. The fourth-order valence-electron chi connectivity index (χ4n) is 7.33. The molecule has 2 bridgehead atoms. The first-order valence-corrected chi connectivity index (χ1v) is 14.6. The Morgan fingerprint density at radius 2 is 1.77 bits per heavy atom. The number of piperidine rings is 1. The van der Waals surface area contributed by atoms with E-state index in [2.05, 4.69) is 10.2 Å². The minimum absolute atomic E-state index is 0.0607. The standard InChI is InChI=1S/C32H33N5O6/c1-42-25-11-10-22-28(29(25)43-2)32(41)37-24-7-4-3-6-21(24)31(40)36(30(22)37)18-26(38)33-12-13-34-15-19-14-20(17-34)23-8-5-9-27(39)35(23)16-19/h3-11,19-20,30H,12-18H2,1-2H3,(H,33,38)/t19-,20+,30+/m1/s1. The molecule has 1 N–H and O–H groups in total. The summed E-state index contributed by atoms with van der Waals surface area (Å²) in [4.78, 5) is 58.6. The predicted octanol–water partition coefficient (Wildman–Crippen LogP) is 2.22. The van der Waals surface area contributed by atoms with Gasteiger partial charge in [-0.2, -0.15) is 0 Å². The number of likely N-dealkylation sites (tertiary alicyclic amines) is 1. The summed E-state index contributed by atoms with van der Waals surface area (Å²) in [6.07, 6.45) is 0.278. The Morgan fingerprint density at radius 3 is 2.58 bits per heavy atom. The molecule has 3 amide bonds. The molecule has 0 unspecified atom stereocenters. The van der Waals surface area contributed by atoms with Crippen LogP contribution in [0.15, 0.2) is 59.4 Å². The van der Waals surface area contributed by atoms with Gasteiger partial charge in [0.15, 0.2) is 11.5 Å². The number of pyridine rings is 1. The van der Waals surface area contributed by atoms with Crippen LogP contribution in [0, 0.1) is 5.92 Å². The van der Waals surface area contributed by atoms with Gasteiger partial charge in [-0.15, -0.1) is 0 Å². The molecule has 7 rings (SSSR count). The summed E-state index contributed by atoms with van der Waals surface area (Å²) in [6.45, 7) is 3.31. The minimum Gasteiger partial charge on any atom is -0.493 e. The monoisotopic (exact) mass is 583 g/mol. The van der Waals surface area contributed by atoms with Crippen LogP contribution in [0.3, 0.4) is 0 Å². The summed E-state index contributed by atoms with van der Waals surface area (Å²) >= 11 is 0. The average molecular weight is 584 g/mol. The number of methoxy groups -OCH3 is 2. The van der Waals surface area contributed by atoms with E-state index in [4.69, 9.17) is 9.47 Å². The van der Waals surface area contributed by atoms with Crippen molar-refractivity contribution >= 4 is 23.4 Å². The molecule has 4 aliphatic rings. The van der Waals surface area contributed by atoms with Gasteiger partial charge >= 0.3 is 0 Å². The van der Waals surface area contributed by atoms with Gasteiger partial charge in [0.05, 0.1) is 31.0 Å². The van der Waals surface area contributed by atoms with E-state index in [9.17, 15) is 19.2 Å². The van der Waals surface area contributed by atoms with Gasteiger partial charge in [0, 0.05) is 56.0 Å². The molecule has 1 fully saturated rings. The maximum absolute atomic E-state index is 13.8. The number of anilines is 1. The first-order valence-electron chi connectivity index (χ1n) is 14.6. The molecule has 43 heavy (non-hydrogen) atoms. The lowest BCUT2D eigenvalue weighted by atomic mass is 9.83. The highest BCUT2D eigenvalue weighted by molar-refractivity contribution is 6.18. The molecule has 0 aliphatic carbocycles. The fourth-order valence-corrected chi connectivity index (χ4v) is 7.33. The van der Waals surface area contributed by atoms with E-state index in [0.717, 1.165) is 31.7 Å². The number of benzene rings is 2. The van der Waals surface area contributed by atoms with Crippen LogP contribution in [0.4, 0.5) is 5.69 Å². The smallest absolute Gasteiger partial charge is 0.264 e. The van der Waals surface area contributed by atoms with E-state index in [1.165, 1.54) is 19.1 Å². The number of para-hydroxylation sites is 1. The molecule has 2 aromatic carbocycles. The summed E-state index contributed by atoms with van der Waals surface area (Å²) < 4.78 is 12.9. The topological polar surface area (TPSA) is 113 Å². The number of carbonyl (C=O) groups excluding carboxylic acids is 3. The third-order valence-corrected chi connectivity index (χ3v) is 9.10. The molecule has 4 aliphatic heterocycles. The average Bonchev–Trinajstić information content (AvgIpc) is 3.31. The van der Waals surface area contributed by atoms with Crippen LogP contribution in [0.2, 0.25) is 0 Å². The predicted molar refractivity (Wildman–Crippen MR) is 158 cm³/mol. The number of hydrogen-bond donors (Lipinski definition) is 1. The Kier molecular flexibility index (Phi) is 6.69. The molecule has 0 radical (unpaired) electrons. The summed E-state index contributed by atoms with van der Waals surface area (Å²) in [5.41, 5.74) is 2.91. The number of aromatic nitrogens is 1. The van der Waals surface area contributed by atoms with E-state index < -0.39 is 6.17 Å². The minimum atomic E-state index is -0.791. The van der Waals surface area contributed by atoms with Crippen molar-refractivity contribution in [2.45, 2.75) is 25.0 Å². The maximum Gasteiger partial charge on any atom is 0.264 e. The van der Waals surface area contributed by atoms with Crippen LogP contribution in [0.1, 0.15) is 50.5 Å². The van der Waals surface area contributed by atoms with Crippen LogP contribution in [-0.4, -0.2) is 79.0 Å². The molecular formula is C32H33N5O6.